The van der Waals surface area contributed by atoms with Gasteiger partial charge in [-0.3, -0.25) is 4.79 Å². The Morgan fingerprint density at radius 3 is 2.78 bits per heavy atom. The number of allylic oxidation sites excluding steroid dienone is 4. The van der Waals surface area contributed by atoms with Crippen molar-refractivity contribution in [3.8, 4) is 11.3 Å². The number of nitrogens with one attached hydrogen (secondary N) is 1. The summed E-state index contributed by atoms with van der Waals surface area (Å²) in [4.78, 5) is 17.2. The van der Waals surface area contributed by atoms with Crippen molar-refractivity contribution in [3.05, 3.63) is 116 Å². The number of aromatic nitrogens is 3. The highest BCUT2D eigenvalue weighted by molar-refractivity contribution is 9.10. The number of halogens is 3. The first kappa shape index (κ1) is 25.5. The normalized spacial score (nSPS) is 15.3. The summed E-state index contributed by atoms with van der Waals surface area (Å²) >= 11 is 15.9. The molecule has 2 aromatic carbocycles. The molecule has 5 nitrogen and oxygen atoms in total. The van der Waals surface area contributed by atoms with Crippen LogP contribution in [0.1, 0.15) is 23.2 Å². The van der Waals surface area contributed by atoms with Crippen molar-refractivity contribution in [1.29, 1.82) is 0 Å². The lowest BCUT2D eigenvalue weighted by Gasteiger charge is -2.14. The van der Waals surface area contributed by atoms with Crippen molar-refractivity contribution in [2.45, 2.75) is 19.4 Å². The third-order valence-corrected chi connectivity index (χ3v) is 7.27. The van der Waals surface area contributed by atoms with Gasteiger partial charge < -0.3 is 5.32 Å². The molecule has 1 unspecified atom stereocenters. The number of fused-ring (bicyclic) bond motifs is 1. The van der Waals surface area contributed by atoms with E-state index in [2.05, 4.69) is 44.6 Å². The van der Waals surface area contributed by atoms with Crippen LogP contribution in [0.25, 0.3) is 23.0 Å². The highest BCUT2D eigenvalue weighted by atomic mass is 79.9. The highest BCUT2D eigenvalue weighted by Crippen LogP contribution is 2.29. The molecule has 8 heteroatoms. The van der Waals surface area contributed by atoms with Gasteiger partial charge in [0.15, 0.2) is 5.65 Å². The molecular weight excluding hydrogens is 571 g/mol. The molecule has 1 aliphatic rings. The van der Waals surface area contributed by atoms with Crippen LogP contribution in [0, 0.1) is 5.92 Å². The van der Waals surface area contributed by atoms with Crippen LogP contribution >= 0.6 is 39.1 Å². The molecule has 0 saturated heterocycles. The summed E-state index contributed by atoms with van der Waals surface area (Å²) in [6, 6.07) is 17.9. The van der Waals surface area contributed by atoms with Crippen LogP contribution in [0.4, 0.5) is 0 Å². The van der Waals surface area contributed by atoms with Crippen molar-refractivity contribution < 1.29 is 4.79 Å². The first-order valence-electron chi connectivity index (χ1n) is 11.8. The van der Waals surface area contributed by atoms with Crippen molar-refractivity contribution in [1.82, 2.24) is 19.9 Å². The lowest BCUT2D eigenvalue weighted by Crippen LogP contribution is -2.29. The zero-order valence-electron chi connectivity index (χ0n) is 19.7. The van der Waals surface area contributed by atoms with Crippen LogP contribution in [0.5, 0.6) is 0 Å². The summed E-state index contributed by atoms with van der Waals surface area (Å²) in [6.07, 6.45) is 12.7. The van der Waals surface area contributed by atoms with Gasteiger partial charge in [-0.05, 0) is 64.2 Å². The summed E-state index contributed by atoms with van der Waals surface area (Å²) < 4.78 is 2.61. The fourth-order valence-corrected chi connectivity index (χ4v) is 4.92. The molecule has 0 radical (unpaired) electrons. The molecule has 2 aromatic heterocycles. The molecule has 2 heterocycles. The SMILES string of the molecule is O=C(NCc1cccc(C/C=C\c2cc(-c3ccccc3Cl)nc3c(Br)cnn23)c1)C1C=CC(Cl)=CC1. The first-order chi connectivity index (χ1) is 18.0. The van der Waals surface area contributed by atoms with Gasteiger partial charge in [-0.25, -0.2) is 9.50 Å². The molecule has 1 amide bonds. The second-order valence-corrected chi connectivity index (χ2v) is 10.4. The van der Waals surface area contributed by atoms with Gasteiger partial charge in [0.2, 0.25) is 5.91 Å². The van der Waals surface area contributed by atoms with Gasteiger partial charge in [-0.1, -0.05) is 83.9 Å². The molecule has 0 aliphatic heterocycles. The van der Waals surface area contributed by atoms with Gasteiger partial charge in [-0.15, -0.1) is 0 Å². The van der Waals surface area contributed by atoms with Crippen LogP contribution in [0.15, 0.2) is 94.6 Å². The lowest BCUT2D eigenvalue weighted by molar-refractivity contribution is -0.123. The average Bonchev–Trinajstić information content (AvgIpc) is 3.29. The predicted molar refractivity (Wildman–Crippen MR) is 153 cm³/mol. The van der Waals surface area contributed by atoms with E-state index in [0.717, 1.165) is 44.6 Å². The number of hydrogen-bond donors (Lipinski definition) is 1. The summed E-state index contributed by atoms with van der Waals surface area (Å²) in [5.41, 5.74) is 5.46. The molecule has 0 bridgehead atoms. The Balaban J connectivity index is 1.30. The minimum atomic E-state index is -0.177. The van der Waals surface area contributed by atoms with E-state index < -0.39 is 0 Å². The maximum absolute atomic E-state index is 12.5. The minimum Gasteiger partial charge on any atom is -0.352 e. The monoisotopic (exact) mass is 592 g/mol. The van der Waals surface area contributed by atoms with Crippen LogP contribution in [-0.4, -0.2) is 20.5 Å². The Labute approximate surface area is 233 Å². The predicted octanol–water partition coefficient (Wildman–Crippen LogP) is 7.38. The molecule has 37 heavy (non-hydrogen) atoms. The number of nitrogens with zero attached hydrogens (tertiary/aromatic N) is 3. The van der Waals surface area contributed by atoms with Crippen molar-refractivity contribution in [2.75, 3.05) is 0 Å². The van der Waals surface area contributed by atoms with E-state index in [-0.39, 0.29) is 11.8 Å². The Kier molecular flexibility index (Phi) is 7.89. The number of hydrogen-bond acceptors (Lipinski definition) is 3. The third-order valence-electron chi connectivity index (χ3n) is 6.10. The van der Waals surface area contributed by atoms with E-state index in [1.807, 2.05) is 60.7 Å². The summed E-state index contributed by atoms with van der Waals surface area (Å²) in [6.45, 7) is 0.478. The maximum Gasteiger partial charge on any atom is 0.227 e. The lowest BCUT2D eigenvalue weighted by atomic mass is 10.00. The molecule has 4 aromatic rings. The molecule has 1 N–H and O–H groups in total. The molecule has 0 saturated carbocycles. The van der Waals surface area contributed by atoms with E-state index in [4.69, 9.17) is 28.2 Å². The van der Waals surface area contributed by atoms with Gasteiger partial charge in [0.05, 0.1) is 28.0 Å². The van der Waals surface area contributed by atoms with Crippen LogP contribution < -0.4 is 5.32 Å². The average molecular weight is 594 g/mol. The van der Waals surface area contributed by atoms with E-state index in [9.17, 15) is 4.79 Å². The molecule has 186 valence electrons. The first-order valence-corrected chi connectivity index (χ1v) is 13.4. The third kappa shape index (κ3) is 6.04. The van der Waals surface area contributed by atoms with Crippen LogP contribution in [0.3, 0.4) is 0 Å². The molecule has 1 aliphatic carbocycles. The Hall–Kier alpha value is -3.19. The topological polar surface area (TPSA) is 59.3 Å². The van der Waals surface area contributed by atoms with E-state index >= 15 is 0 Å². The molecule has 0 spiro atoms. The molecular formula is C29H23BrCl2N4O. The quantitative estimate of drug-likeness (QED) is 0.243. The van der Waals surface area contributed by atoms with Crippen LogP contribution in [-0.2, 0) is 17.8 Å². The van der Waals surface area contributed by atoms with E-state index in [1.54, 1.807) is 16.8 Å². The van der Waals surface area contributed by atoms with Crippen LogP contribution in [0.2, 0.25) is 5.02 Å². The Morgan fingerprint density at radius 1 is 1.14 bits per heavy atom. The number of amides is 1. The molecule has 1 atom stereocenters. The second-order valence-electron chi connectivity index (χ2n) is 8.71. The van der Waals surface area contributed by atoms with Gasteiger partial charge in [0, 0.05) is 22.2 Å². The summed E-state index contributed by atoms with van der Waals surface area (Å²) in [7, 11) is 0. The Morgan fingerprint density at radius 2 is 1.97 bits per heavy atom. The van der Waals surface area contributed by atoms with Gasteiger partial charge in [0.25, 0.3) is 0 Å². The van der Waals surface area contributed by atoms with Crippen molar-refractivity contribution in [3.63, 3.8) is 0 Å². The van der Waals surface area contributed by atoms with Crippen molar-refractivity contribution in [2.24, 2.45) is 5.92 Å². The van der Waals surface area contributed by atoms with Gasteiger partial charge in [0.1, 0.15) is 0 Å². The van der Waals surface area contributed by atoms with E-state index in [1.165, 1.54) is 0 Å². The number of rotatable bonds is 7. The summed E-state index contributed by atoms with van der Waals surface area (Å²) in [5.74, 6) is -0.174. The van der Waals surface area contributed by atoms with Crippen molar-refractivity contribution >= 4 is 56.8 Å². The zero-order valence-corrected chi connectivity index (χ0v) is 22.8. The fourth-order valence-electron chi connectivity index (χ4n) is 4.18. The smallest absolute Gasteiger partial charge is 0.227 e. The van der Waals surface area contributed by atoms with E-state index in [0.29, 0.717) is 23.0 Å². The Bertz CT molecular complexity index is 1560. The maximum atomic E-state index is 12.5. The fraction of sp³-hybridized carbons (Fsp3) is 0.138. The van der Waals surface area contributed by atoms with Gasteiger partial charge in [-0.2, -0.15) is 5.10 Å². The zero-order chi connectivity index (χ0) is 25.8. The highest BCUT2D eigenvalue weighted by Gasteiger charge is 2.16. The standard InChI is InChI=1S/C29H23BrCl2N4O/c30-25-18-34-36-23(16-27(35-28(25)36)24-9-1-2-10-26(24)32)8-4-6-19-5-3-7-20(15-19)17-33-29(37)21-11-13-22(31)14-12-21/h1-5,7-11,13-16,18,21H,6,12,17H2,(H,33,37)/b8-4-. The molecule has 0 fully saturated rings. The van der Waals surface area contributed by atoms with Gasteiger partial charge >= 0.3 is 0 Å². The number of carbonyl (C=O) groups is 1. The largest absolute Gasteiger partial charge is 0.352 e. The minimum absolute atomic E-state index is 0.00313. The number of benzene rings is 2. The second kappa shape index (κ2) is 11.5. The number of carbonyl (C=O) groups excluding carboxylic acids is 1. The molecule has 5 rings (SSSR count). The summed E-state index contributed by atoms with van der Waals surface area (Å²) in [5, 5.41) is 8.82.